The second-order valence-corrected chi connectivity index (χ2v) is 13.3. The minimum atomic E-state index is -4.75. The summed E-state index contributed by atoms with van der Waals surface area (Å²) in [5, 5.41) is 5.31. The number of aromatic nitrogens is 3. The molecule has 0 spiro atoms. The maximum atomic E-state index is 13.5. The average Bonchev–Trinajstić information content (AvgIpc) is 3.72. The number of hydrogen-bond donors (Lipinski definition) is 0. The number of benzene rings is 3. The Morgan fingerprint density at radius 3 is 2.52 bits per heavy atom. The van der Waals surface area contributed by atoms with Crippen molar-refractivity contribution in [3.63, 3.8) is 0 Å². The van der Waals surface area contributed by atoms with Gasteiger partial charge in [-0.25, -0.2) is 9.67 Å². The van der Waals surface area contributed by atoms with Gasteiger partial charge < -0.3 is 9.64 Å². The van der Waals surface area contributed by atoms with E-state index in [-0.39, 0.29) is 17.7 Å². The van der Waals surface area contributed by atoms with Crippen molar-refractivity contribution in [3.05, 3.63) is 95.3 Å². The number of alkyl halides is 3. The smallest absolute Gasteiger partial charge is 0.406 e. The van der Waals surface area contributed by atoms with Crippen molar-refractivity contribution in [2.75, 3.05) is 10.7 Å². The van der Waals surface area contributed by atoms with Crippen LogP contribution < -0.4 is 9.64 Å². The molecule has 1 unspecified atom stereocenters. The fourth-order valence-corrected chi connectivity index (χ4v) is 7.56. The predicted octanol–water partition coefficient (Wildman–Crippen LogP) is 9.34. The summed E-state index contributed by atoms with van der Waals surface area (Å²) in [6.07, 6.45) is 2.91. The van der Waals surface area contributed by atoms with Crippen LogP contribution in [0.1, 0.15) is 69.1 Å². The van der Waals surface area contributed by atoms with Crippen molar-refractivity contribution in [1.82, 2.24) is 14.8 Å². The van der Waals surface area contributed by atoms with Crippen molar-refractivity contribution in [2.24, 2.45) is 4.99 Å². The van der Waals surface area contributed by atoms with E-state index < -0.39 is 6.36 Å². The molecule has 4 aromatic rings. The van der Waals surface area contributed by atoms with E-state index >= 15 is 0 Å². The lowest BCUT2D eigenvalue weighted by atomic mass is 9.99. The van der Waals surface area contributed by atoms with Crippen LogP contribution in [0.25, 0.3) is 22.6 Å². The van der Waals surface area contributed by atoms with Gasteiger partial charge in [0.15, 0.2) is 11.0 Å². The monoisotopic (exact) mass is 673 g/mol. The molecule has 3 aromatic carbocycles. The van der Waals surface area contributed by atoms with Gasteiger partial charge in [-0.3, -0.25) is 4.79 Å². The quantitative estimate of drug-likeness (QED) is 0.176. The highest BCUT2D eigenvalue weighted by molar-refractivity contribution is 8.14. The lowest BCUT2D eigenvalue weighted by Gasteiger charge is -2.37. The summed E-state index contributed by atoms with van der Waals surface area (Å²) in [5.74, 6) is 1.02. The van der Waals surface area contributed by atoms with Crippen LogP contribution in [0, 0.1) is 6.92 Å². The maximum Gasteiger partial charge on any atom is 0.573 e. The molecule has 1 amide bonds. The standard InChI is InChI=1S/C37H38F3N5O2S/c1-4-6-27-10-9-24(2)21-33(27)45-25(3)19-20-48-36(45)42-34(46)22-29-7-5-8-32(29)26-11-13-28(14-12-26)35-41-23-44(43-35)30-15-17-31(18-16-30)47-37(38,39)40/h9-18,21,23,25H,4-8,19-20,22H2,1-3H3. The van der Waals surface area contributed by atoms with Crippen molar-refractivity contribution in [2.45, 2.75) is 78.1 Å². The number of hydrogen-bond acceptors (Lipinski definition) is 5. The molecular formula is C37H38F3N5O2S. The van der Waals surface area contributed by atoms with E-state index in [1.165, 1.54) is 52.0 Å². The largest absolute Gasteiger partial charge is 0.573 e. The second-order valence-electron chi connectivity index (χ2n) is 12.3. The van der Waals surface area contributed by atoms with Gasteiger partial charge in [-0.2, -0.15) is 4.99 Å². The molecule has 2 heterocycles. The Morgan fingerprint density at radius 2 is 1.79 bits per heavy atom. The molecule has 0 saturated carbocycles. The highest BCUT2D eigenvalue weighted by atomic mass is 32.2. The van der Waals surface area contributed by atoms with E-state index in [4.69, 9.17) is 4.99 Å². The zero-order chi connectivity index (χ0) is 33.8. The minimum absolute atomic E-state index is 0.111. The molecule has 11 heteroatoms. The molecule has 0 N–H and O–H groups in total. The van der Waals surface area contributed by atoms with Crippen molar-refractivity contribution < 1.29 is 22.7 Å². The first-order valence-corrected chi connectivity index (χ1v) is 17.3. The van der Waals surface area contributed by atoms with Crippen LogP contribution in [0.5, 0.6) is 5.75 Å². The number of nitrogens with zero attached hydrogens (tertiary/aromatic N) is 5. The maximum absolute atomic E-state index is 13.5. The summed E-state index contributed by atoms with van der Waals surface area (Å²) in [6, 6.07) is 20.3. The lowest BCUT2D eigenvalue weighted by molar-refractivity contribution is -0.274. The number of aliphatic imine (C=N–C) groups is 1. The number of aryl methyl sites for hydroxylation is 2. The molecule has 7 nitrogen and oxygen atoms in total. The van der Waals surface area contributed by atoms with Crippen LogP contribution >= 0.6 is 11.8 Å². The number of allylic oxidation sites excluding steroid dienone is 1. The Kier molecular flexibility index (Phi) is 10.1. The Hall–Kier alpha value is -4.38. The van der Waals surface area contributed by atoms with Gasteiger partial charge in [0.1, 0.15) is 12.1 Å². The number of halogens is 3. The highest BCUT2D eigenvalue weighted by Gasteiger charge is 2.31. The van der Waals surface area contributed by atoms with Crippen molar-refractivity contribution >= 4 is 34.1 Å². The fourth-order valence-electron chi connectivity index (χ4n) is 6.33. The van der Waals surface area contributed by atoms with E-state index in [9.17, 15) is 18.0 Å². The van der Waals surface area contributed by atoms with E-state index in [0.29, 0.717) is 17.9 Å². The first kappa shape index (κ1) is 33.5. The van der Waals surface area contributed by atoms with Crippen LogP contribution in [0.15, 0.2) is 83.6 Å². The Bertz CT molecular complexity index is 1830. The lowest BCUT2D eigenvalue weighted by Crippen LogP contribution is -2.42. The number of carbonyl (C=O) groups is 1. The zero-order valence-electron chi connectivity index (χ0n) is 27.3. The van der Waals surface area contributed by atoms with Crippen LogP contribution in [-0.2, 0) is 11.2 Å². The predicted molar refractivity (Wildman–Crippen MR) is 185 cm³/mol. The third-order valence-corrected chi connectivity index (χ3v) is 9.65. The number of amides is 1. The Labute approximate surface area is 282 Å². The van der Waals surface area contributed by atoms with Crippen LogP contribution in [0.3, 0.4) is 0 Å². The second kappa shape index (κ2) is 14.4. The molecule has 48 heavy (non-hydrogen) atoms. The molecule has 1 saturated heterocycles. The molecule has 1 aliphatic carbocycles. The van der Waals surface area contributed by atoms with E-state index in [1.807, 2.05) is 24.3 Å². The van der Waals surface area contributed by atoms with Crippen LogP contribution in [-0.4, -0.2) is 44.0 Å². The Morgan fingerprint density at radius 1 is 1.04 bits per heavy atom. The molecule has 1 fully saturated rings. The first-order chi connectivity index (χ1) is 23.1. The van der Waals surface area contributed by atoms with Crippen molar-refractivity contribution in [1.29, 1.82) is 0 Å². The van der Waals surface area contributed by atoms with Gasteiger partial charge in [0, 0.05) is 23.0 Å². The topological polar surface area (TPSA) is 72.6 Å². The normalized spacial score (nSPS) is 17.8. The molecule has 250 valence electrons. The number of rotatable bonds is 9. The number of carbonyl (C=O) groups excluding carboxylic acids is 1. The van der Waals surface area contributed by atoms with Gasteiger partial charge in [0.2, 0.25) is 0 Å². The SMILES string of the molecule is CCCc1ccc(C)cc1N1C(=NC(=O)CC2=C(c3ccc(-c4ncn(-c5ccc(OC(F)(F)F)cc5)n4)cc3)CCC2)SCCC1C. The Balaban J connectivity index is 1.17. The molecule has 2 aliphatic rings. The summed E-state index contributed by atoms with van der Waals surface area (Å²) in [6.45, 7) is 6.51. The van der Waals surface area contributed by atoms with E-state index in [0.717, 1.165) is 71.8 Å². The molecule has 1 aliphatic heterocycles. The number of anilines is 1. The summed E-state index contributed by atoms with van der Waals surface area (Å²) >= 11 is 1.67. The van der Waals surface area contributed by atoms with E-state index in [1.54, 1.807) is 11.8 Å². The molecular weight excluding hydrogens is 636 g/mol. The molecule has 0 radical (unpaired) electrons. The van der Waals surface area contributed by atoms with Gasteiger partial charge in [-0.05, 0) is 98.5 Å². The number of ether oxygens (including phenoxy) is 1. The van der Waals surface area contributed by atoms with Gasteiger partial charge in [-0.15, -0.1) is 18.3 Å². The van der Waals surface area contributed by atoms with E-state index in [2.05, 4.69) is 58.7 Å². The fraction of sp³-hybridized carbons (Fsp3) is 0.351. The summed E-state index contributed by atoms with van der Waals surface area (Å²) in [4.78, 5) is 24.9. The number of amidine groups is 1. The van der Waals surface area contributed by atoms with Gasteiger partial charge in [0.05, 0.1) is 12.1 Å². The van der Waals surface area contributed by atoms with Gasteiger partial charge in [-0.1, -0.05) is 67.1 Å². The van der Waals surface area contributed by atoms with Crippen molar-refractivity contribution in [3.8, 4) is 22.8 Å². The molecule has 6 rings (SSSR count). The van der Waals surface area contributed by atoms with Crippen LogP contribution in [0.2, 0.25) is 0 Å². The summed E-state index contributed by atoms with van der Waals surface area (Å²) in [7, 11) is 0. The summed E-state index contributed by atoms with van der Waals surface area (Å²) in [5.41, 5.74) is 8.41. The molecule has 1 aromatic heterocycles. The summed E-state index contributed by atoms with van der Waals surface area (Å²) < 4.78 is 42.9. The molecule has 0 bridgehead atoms. The molecule has 1 atom stereocenters. The van der Waals surface area contributed by atoms with Gasteiger partial charge >= 0.3 is 6.36 Å². The minimum Gasteiger partial charge on any atom is -0.406 e. The first-order valence-electron chi connectivity index (χ1n) is 16.3. The van der Waals surface area contributed by atoms with Gasteiger partial charge in [0.25, 0.3) is 5.91 Å². The van der Waals surface area contributed by atoms with Crippen LogP contribution in [0.4, 0.5) is 18.9 Å². The third kappa shape index (κ3) is 7.84. The number of thioether (sulfide) groups is 1. The average molecular weight is 674 g/mol. The highest BCUT2D eigenvalue weighted by Crippen LogP contribution is 2.37. The third-order valence-electron chi connectivity index (χ3n) is 8.67. The zero-order valence-corrected chi connectivity index (χ0v) is 28.1.